The second kappa shape index (κ2) is 5.68. The van der Waals surface area contributed by atoms with E-state index < -0.39 is 5.97 Å². The minimum Gasteiger partial charge on any atom is -0.546 e. The van der Waals surface area contributed by atoms with Crippen LogP contribution < -0.4 is 9.67 Å². The maximum absolute atomic E-state index is 10.6. The van der Waals surface area contributed by atoms with Crippen molar-refractivity contribution in [2.24, 2.45) is 7.05 Å². The van der Waals surface area contributed by atoms with Crippen LogP contribution in [0.2, 0.25) is 0 Å². The number of unbranched alkanes of at least 4 members (excludes halogenated alkanes) is 2. The van der Waals surface area contributed by atoms with Crippen molar-refractivity contribution in [2.75, 3.05) is 0 Å². The number of carbonyl (C=O) groups is 1. The van der Waals surface area contributed by atoms with Crippen molar-refractivity contribution < 1.29 is 14.5 Å². The molecule has 1 heterocycles. The number of aliphatic carboxylic acids is 1. The van der Waals surface area contributed by atoms with Crippen LogP contribution in [-0.2, 0) is 24.8 Å². The van der Waals surface area contributed by atoms with Crippen molar-refractivity contribution in [1.82, 2.24) is 4.57 Å². The molecule has 0 amide bonds. The predicted molar refractivity (Wildman–Crippen MR) is 58.6 cm³/mol. The maximum atomic E-state index is 10.6. The Hall–Kier alpha value is -1.32. The number of aromatic nitrogens is 2. The molecule has 0 saturated carbocycles. The zero-order chi connectivity index (χ0) is 12.1. The van der Waals surface area contributed by atoms with Crippen molar-refractivity contribution >= 4 is 5.97 Å². The molecule has 1 rings (SSSR count). The van der Waals surface area contributed by atoms with Crippen LogP contribution >= 0.6 is 0 Å². The molecule has 0 fully saturated rings. The van der Waals surface area contributed by atoms with Gasteiger partial charge in [-0.25, -0.2) is 9.13 Å². The molecule has 0 aliphatic carbocycles. The first-order valence-electron chi connectivity index (χ1n) is 5.80. The van der Waals surface area contributed by atoms with Gasteiger partial charge in [-0.3, -0.25) is 0 Å². The number of hydrogen-bond donors (Lipinski definition) is 0. The van der Waals surface area contributed by atoms with Gasteiger partial charge >= 0.3 is 0 Å². The SMILES string of the molecule is CCCCCc1n(C)c(C)c[n+]1CC(=O)[O-]. The van der Waals surface area contributed by atoms with Gasteiger partial charge in [0.25, 0.3) is 5.82 Å². The lowest BCUT2D eigenvalue weighted by Gasteiger charge is -2.03. The van der Waals surface area contributed by atoms with E-state index in [-0.39, 0.29) is 6.54 Å². The Bertz CT molecular complexity index is 369. The van der Waals surface area contributed by atoms with Crippen LogP contribution in [0, 0.1) is 6.92 Å². The summed E-state index contributed by atoms with van der Waals surface area (Å²) in [6.07, 6.45) is 6.24. The van der Waals surface area contributed by atoms with Crippen molar-refractivity contribution in [2.45, 2.75) is 46.1 Å². The average molecular weight is 224 g/mol. The molecule has 0 unspecified atom stereocenters. The van der Waals surface area contributed by atoms with Crippen LogP contribution in [0.5, 0.6) is 0 Å². The van der Waals surface area contributed by atoms with Crippen molar-refractivity contribution in [3.8, 4) is 0 Å². The first-order valence-corrected chi connectivity index (χ1v) is 5.80. The van der Waals surface area contributed by atoms with E-state index in [1.165, 1.54) is 12.8 Å². The highest BCUT2D eigenvalue weighted by atomic mass is 16.4. The second-order valence-corrected chi connectivity index (χ2v) is 4.20. The molecule has 4 nitrogen and oxygen atoms in total. The largest absolute Gasteiger partial charge is 0.546 e. The van der Waals surface area contributed by atoms with E-state index in [0.29, 0.717) is 0 Å². The van der Waals surface area contributed by atoms with E-state index in [1.807, 2.05) is 20.2 Å². The molecular weight excluding hydrogens is 204 g/mol. The van der Waals surface area contributed by atoms with Gasteiger partial charge in [-0.15, -0.1) is 0 Å². The number of rotatable bonds is 6. The minimum absolute atomic E-state index is 0.0524. The Kier molecular flexibility index (Phi) is 4.52. The Balaban J connectivity index is 2.81. The summed E-state index contributed by atoms with van der Waals surface area (Å²) in [5.74, 6) is 0.0301. The third kappa shape index (κ3) is 3.08. The van der Waals surface area contributed by atoms with Crippen LogP contribution in [0.15, 0.2) is 6.20 Å². The summed E-state index contributed by atoms with van der Waals surface area (Å²) in [4.78, 5) is 10.6. The fraction of sp³-hybridized carbons (Fsp3) is 0.667. The number of carboxylic acids is 1. The lowest BCUT2D eigenvalue weighted by atomic mass is 10.2. The fourth-order valence-electron chi connectivity index (χ4n) is 1.90. The molecule has 0 bridgehead atoms. The molecule has 0 aromatic carbocycles. The molecule has 0 aliphatic rings. The number of hydrogen-bond acceptors (Lipinski definition) is 2. The first kappa shape index (κ1) is 12.7. The normalized spacial score (nSPS) is 10.7. The predicted octanol–water partition coefficient (Wildman–Crippen LogP) is 0.104. The molecule has 0 saturated heterocycles. The summed E-state index contributed by atoms with van der Waals surface area (Å²) in [6, 6.07) is 0. The zero-order valence-corrected chi connectivity index (χ0v) is 10.3. The molecule has 1 aromatic heterocycles. The van der Waals surface area contributed by atoms with Gasteiger partial charge in [0.05, 0.1) is 13.0 Å². The Morgan fingerprint density at radius 1 is 1.50 bits per heavy atom. The molecule has 1 aromatic rings. The Morgan fingerprint density at radius 3 is 2.75 bits per heavy atom. The summed E-state index contributed by atoms with van der Waals surface area (Å²) in [5.41, 5.74) is 1.08. The van der Waals surface area contributed by atoms with E-state index in [0.717, 1.165) is 24.4 Å². The van der Waals surface area contributed by atoms with Gasteiger partial charge in [-0.05, 0) is 6.42 Å². The monoisotopic (exact) mass is 224 g/mol. The molecule has 90 valence electrons. The summed E-state index contributed by atoms with van der Waals surface area (Å²) in [6.45, 7) is 4.09. The smallest absolute Gasteiger partial charge is 0.256 e. The highest BCUT2D eigenvalue weighted by Crippen LogP contribution is 2.05. The molecule has 0 spiro atoms. The number of aryl methyl sites for hydroxylation is 1. The van der Waals surface area contributed by atoms with Gasteiger partial charge in [-0.2, -0.15) is 0 Å². The third-order valence-electron chi connectivity index (χ3n) is 2.89. The van der Waals surface area contributed by atoms with Gasteiger partial charge in [0.1, 0.15) is 18.4 Å². The average Bonchev–Trinajstić information content (AvgIpc) is 2.45. The molecular formula is C12H20N2O2. The number of imidazole rings is 1. The molecule has 0 N–H and O–H groups in total. The highest BCUT2D eigenvalue weighted by molar-refractivity contribution is 5.62. The number of carboxylic acid groups (broad SMARTS) is 1. The number of carbonyl (C=O) groups excluding carboxylic acids is 1. The van der Waals surface area contributed by atoms with E-state index in [1.54, 1.807) is 4.57 Å². The summed E-state index contributed by atoms with van der Waals surface area (Å²) in [5, 5.41) is 10.6. The van der Waals surface area contributed by atoms with Crippen molar-refractivity contribution in [1.29, 1.82) is 0 Å². The minimum atomic E-state index is -1.03. The molecule has 0 atom stereocenters. The van der Waals surface area contributed by atoms with E-state index in [2.05, 4.69) is 11.5 Å². The van der Waals surface area contributed by atoms with Crippen LogP contribution in [-0.4, -0.2) is 10.5 Å². The van der Waals surface area contributed by atoms with Crippen LogP contribution in [0.25, 0.3) is 0 Å². The van der Waals surface area contributed by atoms with Crippen molar-refractivity contribution in [3.05, 3.63) is 17.7 Å². The number of nitrogens with zero attached hydrogens (tertiary/aromatic N) is 2. The standard InChI is InChI=1S/C12H20N2O2/c1-4-5-6-7-11-13(3)10(2)8-14(11)9-12(15)16/h8H,4-7,9H2,1-3H3. The van der Waals surface area contributed by atoms with Crippen LogP contribution in [0.4, 0.5) is 0 Å². The van der Waals surface area contributed by atoms with Gasteiger partial charge < -0.3 is 9.90 Å². The van der Waals surface area contributed by atoms with Gasteiger partial charge in [-0.1, -0.05) is 19.8 Å². The Labute approximate surface area is 96.5 Å². The molecule has 4 heteroatoms. The summed E-state index contributed by atoms with van der Waals surface area (Å²) < 4.78 is 3.83. The van der Waals surface area contributed by atoms with E-state index in [4.69, 9.17) is 0 Å². The first-order chi connectivity index (χ1) is 7.56. The summed E-state index contributed by atoms with van der Waals surface area (Å²) in [7, 11) is 1.97. The second-order valence-electron chi connectivity index (χ2n) is 4.20. The summed E-state index contributed by atoms with van der Waals surface area (Å²) >= 11 is 0. The fourth-order valence-corrected chi connectivity index (χ4v) is 1.90. The lowest BCUT2D eigenvalue weighted by Crippen LogP contribution is -2.45. The zero-order valence-electron chi connectivity index (χ0n) is 10.3. The quantitative estimate of drug-likeness (QED) is 0.508. The topological polar surface area (TPSA) is 48.9 Å². The third-order valence-corrected chi connectivity index (χ3v) is 2.89. The van der Waals surface area contributed by atoms with Gasteiger partial charge in [0.15, 0.2) is 0 Å². The van der Waals surface area contributed by atoms with Gasteiger partial charge in [0.2, 0.25) is 0 Å². The lowest BCUT2D eigenvalue weighted by molar-refractivity contribution is -0.697. The van der Waals surface area contributed by atoms with E-state index in [9.17, 15) is 9.90 Å². The van der Waals surface area contributed by atoms with Gasteiger partial charge in [0, 0.05) is 13.3 Å². The highest BCUT2D eigenvalue weighted by Gasteiger charge is 2.17. The molecule has 16 heavy (non-hydrogen) atoms. The molecule has 0 radical (unpaired) electrons. The molecule has 0 aliphatic heterocycles. The van der Waals surface area contributed by atoms with E-state index >= 15 is 0 Å². The van der Waals surface area contributed by atoms with Crippen LogP contribution in [0.1, 0.15) is 37.7 Å². The maximum Gasteiger partial charge on any atom is 0.256 e. The van der Waals surface area contributed by atoms with Crippen LogP contribution in [0.3, 0.4) is 0 Å². The van der Waals surface area contributed by atoms with Crippen molar-refractivity contribution in [3.63, 3.8) is 0 Å². The Morgan fingerprint density at radius 2 is 2.19 bits per heavy atom.